The summed E-state index contributed by atoms with van der Waals surface area (Å²) >= 11 is 0. The van der Waals surface area contributed by atoms with Crippen LogP contribution in [0.25, 0.3) is 0 Å². The molecule has 0 saturated heterocycles. The van der Waals surface area contributed by atoms with Gasteiger partial charge in [0.15, 0.2) is 0 Å². The number of hydrogen-bond acceptors (Lipinski definition) is 4. The van der Waals surface area contributed by atoms with Gasteiger partial charge in [-0.15, -0.1) is 0 Å². The number of aryl methyl sites for hydroxylation is 1. The summed E-state index contributed by atoms with van der Waals surface area (Å²) in [5.41, 5.74) is 0.0156. The summed E-state index contributed by atoms with van der Waals surface area (Å²) in [6.07, 6.45) is 0. The van der Waals surface area contributed by atoms with Crippen molar-refractivity contribution in [2.75, 3.05) is 6.61 Å². The van der Waals surface area contributed by atoms with Gasteiger partial charge in [-0.3, -0.25) is 4.18 Å². The maximum atomic E-state index is 11.9. The summed E-state index contributed by atoms with van der Waals surface area (Å²) in [7, 11) is -3.74. The van der Waals surface area contributed by atoms with E-state index in [4.69, 9.17) is 4.18 Å². The predicted molar refractivity (Wildman–Crippen MR) is 69.8 cm³/mol. The number of rotatable bonds is 5. The zero-order valence-electron chi connectivity index (χ0n) is 11.2. The van der Waals surface area contributed by atoms with Crippen LogP contribution in [0.2, 0.25) is 0 Å². The first-order chi connectivity index (χ1) is 8.13. The highest BCUT2D eigenvalue weighted by Gasteiger charge is 2.25. The summed E-state index contributed by atoms with van der Waals surface area (Å²) in [6.45, 7) is 6.83. The summed E-state index contributed by atoms with van der Waals surface area (Å²) in [4.78, 5) is 0.135. The summed E-state index contributed by atoms with van der Waals surface area (Å²) < 4.78 is 28.7. The molecule has 1 aromatic carbocycles. The van der Waals surface area contributed by atoms with Crippen LogP contribution in [0, 0.1) is 12.8 Å². The zero-order chi connectivity index (χ0) is 14.0. The molecule has 0 saturated carbocycles. The lowest BCUT2D eigenvalue weighted by Crippen LogP contribution is -2.32. The first-order valence-corrected chi connectivity index (χ1v) is 7.22. The molecule has 1 aromatic rings. The van der Waals surface area contributed by atoms with Crippen molar-refractivity contribution in [2.24, 2.45) is 5.92 Å². The van der Waals surface area contributed by atoms with Gasteiger partial charge in [-0.25, -0.2) is 0 Å². The Morgan fingerprint density at radius 1 is 1.28 bits per heavy atom. The fourth-order valence-corrected chi connectivity index (χ4v) is 2.16. The van der Waals surface area contributed by atoms with E-state index in [1.54, 1.807) is 32.9 Å². The van der Waals surface area contributed by atoms with E-state index in [0.717, 1.165) is 5.56 Å². The van der Waals surface area contributed by atoms with Crippen LogP contribution < -0.4 is 0 Å². The van der Waals surface area contributed by atoms with Crippen LogP contribution in [-0.2, 0) is 14.3 Å². The van der Waals surface area contributed by atoms with E-state index in [1.807, 2.05) is 6.92 Å². The van der Waals surface area contributed by atoms with Gasteiger partial charge in [-0.2, -0.15) is 8.42 Å². The van der Waals surface area contributed by atoms with Crippen LogP contribution in [0.5, 0.6) is 0 Å². The second-order valence-electron chi connectivity index (χ2n) is 5.11. The maximum Gasteiger partial charge on any atom is 0.296 e. The molecule has 1 rings (SSSR count). The lowest BCUT2D eigenvalue weighted by molar-refractivity contribution is 0.00614. The van der Waals surface area contributed by atoms with Gasteiger partial charge in [0.25, 0.3) is 10.1 Å². The molecule has 0 fully saturated rings. The van der Waals surface area contributed by atoms with Crippen molar-refractivity contribution >= 4 is 10.1 Å². The third kappa shape index (κ3) is 4.08. The maximum absolute atomic E-state index is 11.9. The van der Waals surface area contributed by atoms with E-state index in [-0.39, 0.29) is 17.4 Å². The monoisotopic (exact) mass is 272 g/mol. The normalized spacial score (nSPS) is 14.5. The molecule has 1 N–H and O–H groups in total. The highest BCUT2D eigenvalue weighted by Crippen LogP contribution is 2.19. The van der Waals surface area contributed by atoms with Crippen molar-refractivity contribution in [1.29, 1.82) is 0 Å². The smallest absolute Gasteiger partial charge is 0.296 e. The van der Waals surface area contributed by atoms with Crippen LogP contribution in [-0.4, -0.2) is 25.7 Å². The van der Waals surface area contributed by atoms with Gasteiger partial charge in [0.05, 0.1) is 17.1 Å². The minimum absolute atomic E-state index is 0.0420. The summed E-state index contributed by atoms with van der Waals surface area (Å²) in [5, 5.41) is 9.72. The summed E-state index contributed by atoms with van der Waals surface area (Å²) in [5.74, 6) is -0.280. The molecule has 0 unspecified atom stereocenters. The first kappa shape index (κ1) is 15.1. The first-order valence-electron chi connectivity index (χ1n) is 5.81. The Bertz CT molecular complexity index is 483. The van der Waals surface area contributed by atoms with E-state index in [9.17, 15) is 13.5 Å². The molecule has 0 aromatic heterocycles. The molecule has 0 aliphatic rings. The third-order valence-electron chi connectivity index (χ3n) is 2.99. The topological polar surface area (TPSA) is 63.6 Å². The van der Waals surface area contributed by atoms with Crippen LogP contribution in [0.4, 0.5) is 0 Å². The second-order valence-corrected chi connectivity index (χ2v) is 6.72. The highest BCUT2D eigenvalue weighted by atomic mass is 32.2. The molecule has 0 aliphatic carbocycles. The molecule has 1 atom stereocenters. The van der Waals surface area contributed by atoms with E-state index in [2.05, 4.69) is 0 Å². The Kier molecular flexibility index (Phi) is 4.53. The van der Waals surface area contributed by atoms with Crippen LogP contribution in [0.3, 0.4) is 0 Å². The van der Waals surface area contributed by atoms with Gasteiger partial charge < -0.3 is 5.11 Å². The van der Waals surface area contributed by atoms with E-state index in [0.29, 0.717) is 0 Å². The molecule has 0 spiro atoms. The van der Waals surface area contributed by atoms with Crippen molar-refractivity contribution in [3.8, 4) is 0 Å². The van der Waals surface area contributed by atoms with Crippen molar-refractivity contribution in [1.82, 2.24) is 0 Å². The molecule has 0 aliphatic heterocycles. The molecular formula is C13H20O4S. The summed E-state index contributed by atoms with van der Waals surface area (Å²) in [6, 6.07) is 6.46. The fourth-order valence-electron chi connectivity index (χ4n) is 1.17. The molecule has 18 heavy (non-hydrogen) atoms. The van der Waals surface area contributed by atoms with E-state index >= 15 is 0 Å². The van der Waals surface area contributed by atoms with Gasteiger partial charge >= 0.3 is 0 Å². The molecule has 102 valence electrons. The minimum Gasteiger partial charge on any atom is -0.390 e. The number of hydrogen-bond donors (Lipinski definition) is 1. The van der Waals surface area contributed by atoms with Crippen LogP contribution in [0.15, 0.2) is 29.2 Å². The molecule has 4 nitrogen and oxygen atoms in total. The lowest BCUT2D eigenvalue weighted by atomic mass is 9.94. The van der Waals surface area contributed by atoms with Gasteiger partial charge in [-0.05, 0) is 32.9 Å². The van der Waals surface area contributed by atoms with Gasteiger partial charge in [0, 0.05) is 5.92 Å². The van der Waals surface area contributed by atoms with Crippen LogP contribution >= 0.6 is 0 Å². The third-order valence-corrected chi connectivity index (χ3v) is 4.28. The molecule has 0 radical (unpaired) electrons. The predicted octanol–water partition coefficient (Wildman–Crippen LogP) is 2.11. The van der Waals surface area contributed by atoms with E-state index in [1.165, 1.54) is 12.1 Å². The molecular weight excluding hydrogens is 252 g/mol. The van der Waals surface area contributed by atoms with E-state index < -0.39 is 15.7 Å². The van der Waals surface area contributed by atoms with Gasteiger partial charge in [-0.1, -0.05) is 24.6 Å². The lowest BCUT2D eigenvalue weighted by Gasteiger charge is -2.25. The number of benzene rings is 1. The Morgan fingerprint density at radius 3 is 2.22 bits per heavy atom. The molecule has 0 amide bonds. The van der Waals surface area contributed by atoms with Crippen molar-refractivity contribution in [2.45, 2.75) is 38.2 Å². The molecule has 5 heteroatoms. The van der Waals surface area contributed by atoms with Crippen molar-refractivity contribution in [3.05, 3.63) is 29.8 Å². The quantitative estimate of drug-likeness (QED) is 0.834. The average Bonchev–Trinajstić information content (AvgIpc) is 2.25. The molecule has 0 bridgehead atoms. The van der Waals surface area contributed by atoms with Crippen LogP contribution in [0.1, 0.15) is 26.3 Å². The van der Waals surface area contributed by atoms with Crippen molar-refractivity contribution in [3.63, 3.8) is 0 Å². The largest absolute Gasteiger partial charge is 0.390 e. The Balaban J connectivity index is 2.75. The number of aliphatic hydroxyl groups is 1. The van der Waals surface area contributed by atoms with Crippen molar-refractivity contribution < 1.29 is 17.7 Å². The standard InChI is InChI=1S/C13H20O4S/c1-10-5-7-12(8-6-10)18(15,16)17-9-11(2)13(3,4)14/h5-8,11,14H,9H2,1-4H3/t11-/m0/s1. The average molecular weight is 272 g/mol. The minimum atomic E-state index is -3.74. The Hall–Kier alpha value is -0.910. The van der Waals surface area contributed by atoms with Gasteiger partial charge in [0.1, 0.15) is 0 Å². The second kappa shape index (κ2) is 5.38. The zero-order valence-corrected chi connectivity index (χ0v) is 12.0. The Labute approximate surface area is 109 Å². The van der Waals surface area contributed by atoms with Gasteiger partial charge in [0.2, 0.25) is 0 Å². The Morgan fingerprint density at radius 2 is 1.78 bits per heavy atom. The highest BCUT2D eigenvalue weighted by molar-refractivity contribution is 7.86. The molecule has 0 heterocycles. The fraction of sp³-hybridized carbons (Fsp3) is 0.538. The SMILES string of the molecule is Cc1ccc(S(=O)(=O)OC[C@H](C)C(C)(C)O)cc1.